The van der Waals surface area contributed by atoms with Crippen LogP contribution in [0.25, 0.3) is 0 Å². The van der Waals surface area contributed by atoms with E-state index in [2.05, 4.69) is 22.9 Å². The van der Waals surface area contributed by atoms with Crippen molar-refractivity contribution in [3.63, 3.8) is 0 Å². The summed E-state index contributed by atoms with van der Waals surface area (Å²) in [6, 6.07) is 7.27. The fourth-order valence-electron chi connectivity index (χ4n) is 3.47. The fourth-order valence-corrected chi connectivity index (χ4v) is 4.23. The lowest BCUT2D eigenvalue weighted by molar-refractivity contribution is 0.167. The Hall–Kier alpha value is -0.370. The average molecular weight is 341 g/mol. The number of unbranched alkanes of at least 4 members (excludes halogenated alkanes) is 1. The maximum Gasteiger partial charge on any atom is 0.126 e. The topological polar surface area (TPSA) is 0 Å². The van der Waals surface area contributed by atoms with Crippen molar-refractivity contribution in [2.24, 2.45) is 11.3 Å². The van der Waals surface area contributed by atoms with Gasteiger partial charge in [0.15, 0.2) is 0 Å². The lowest BCUT2D eigenvalue weighted by Crippen LogP contribution is -2.31. The van der Waals surface area contributed by atoms with Crippen molar-refractivity contribution in [1.29, 1.82) is 0 Å². The van der Waals surface area contributed by atoms with E-state index in [0.717, 1.165) is 23.2 Å². The zero-order chi connectivity index (χ0) is 14.4. The first-order chi connectivity index (χ1) is 9.69. The molecule has 0 saturated heterocycles. The number of halogens is 2. The molecule has 0 bridgehead atoms. The second-order valence-corrected chi connectivity index (χ2v) is 7.05. The highest BCUT2D eigenvalue weighted by atomic mass is 79.9. The van der Waals surface area contributed by atoms with Crippen molar-refractivity contribution in [1.82, 2.24) is 0 Å². The van der Waals surface area contributed by atoms with Crippen molar-refractivity contribution < 1.29 is 4.39 Å². The summed E-state index contributed by atoms with van der Waals surface area (Å²) in [7, 11) is 0. The van der Waals surface area contributed by atoms with E-state index >= 15 is 0 Å². The predicted molar refractivity (Wildman–Crippen MR) is 87.8 cm³/mol. The molecule has 0 aromatic heterocycles. The molecule has 2 rings (SSSR count). The Morgan fingerprint density at radius 3 is 2.55 bits per heavy atom. The van der Waals surface area contributed by atoms with Crippen LogP contribution in [0.5, 0.6) is 0 Å². The molecule has 0 radical (unpaired) electrons. The lowest BCUT2D eigenvalue weighted by Gasteiger charge is -2.39. The standard InChI is InChI=1S/C18H26BrF/c1-2-3-6-15-9-11-18(14-19,12-10-15)13-16-7-4-5-8-17(16)20/h4-5,7-8,15H,2-3,6,9-14H2,1H3. The van der Waals surface area contributed by atoms with Crippen LogP contribution in [-0.4, -0.2) is 5.33 Å². The summed E-state index contributed by atoms with van der Waals surface area (Å²) in [5.74, 6) is 0.865. The van der Waals surface area contributed by atoms with Crippen molar-refractivity contribution in [2.75, 3.05) is 5.33 Å². The molecule has 20 heavy (non-hydrogen) atoms. The van der Waals surface area contributed by atoms with E-state index in [9.17, 15) is 4.39 Å². The largest absolute Gasteiger partial charge is 0.207 e. The van der Waals surface area contributed by atoms with Crippen LogP contribution in [0, 0.1) is 17.2 Å². The molecular formula is C18H26BrF. The Morgan fingerprint density at radius 2 is 1.95 bits per heavy atom. The molecule has 2 heteroatoms. The number of hydrogen-bond acceptors (Lipinski definition) is 0. The summed E-state index contributed by atoms with van der Waals surface area (Å²) in [6.07, 6.45) is 10.0. The zero-order valence-electron chi connectivity index (χ0n) is 12.5. The molecule has 1 saturated carbocycles. The first-order valence-electron chi connectivity index (χ1n) is 7.98. The predicted octanol–water partition coefficient (Wildman–Crippen LogP) is 6.13. The van der Waals surface area contributed by atoms with Gasteiger partial charge in [-0.2, -0.15) is 0 Å². The molecule has 0 aliphatic heterocycles. The quantitative estimate of drug-likeness (QED) is 0.546. The normalized spacial score (nSPS) is 26.6. The fraction of sp³-hybridized carbons (Fsp3) is 0.667. The SMILES string of the molecule is CCCCC1CCC(CBr)(Cc2ccccc2F)CC1. The van der Waals surface area contributed by atoms with Gasteiger partial charge in [0.1, 0.15) is 5.82 Å². The highest BCUT2D eigenvalue weighted by Gasteiger charge is 2.34. The van der Waals surface area contributed by atoms with Crippen LogP contribution < -0.4 is 0 Å². The highest BCUT2D eigenvalue weighted by molar-refractivity contribution is 9.09. The van der Waals surface area contributed by atoms with E-state index in [-0.39, 0.29) is 11.2 Å². The summed E-state index contributed by atoms with van der Waals surface area (Å²) in [4.78, 5) is 0. The molecule has 0 unspecified atom stereocenters. The van der Waals surface area contributed by atoms with Gasteiger partial charge in [-0.05, 0) is 55.1 Å². The van der Waals surface area contributed by atoms with Crippen LogP contribution in [0.15, 0.2) is 24.3 Å². The number of alkyl halides is 1. The molecule has 0 atom stereocenters. The third-order valence-corrected chi connectivity index (χ3v) is 6.13. The van der Waals surface area contributed by atoms with Gasteiger partial charge in [-0.25, -0.2) is 4.39 Å². The third-order valence-electron chi connectivity index (χ3n) is 4.94. The zero-order valence-corrected chi connectivity index (χ0v) is 14.1. The number of benzene rings is 1. The Labute approximate surface area is 131 Å². The summed E-state index contributed by atoms with van der Waals surface area (Å²) < 4.78 is 13.9. The number of rotatable bonds is 6. The van der Waals surface area contributed by atoms with Crippen LogP contribution >= 0.6 is 15.9 Å². The van der Waals surface area contributed by atoms with Gasteiger partial charge in [0, 0.05) is 5.33 Å². The van der Waals surface area contributed by atoms with Crippen molar-refractivity contribution >= 4 is 15.9 Å². The van der Waals surface area contributed by atoms with Gasteiger partial charge in [-0.15, -0.1) is 0 Å². The Bertz CT molecular complexity index is 408. The van der Waals surface area contributed by atoms with Gasteiger partial charge in [0.2, 0.25) is 0 Å². The van der Waals surface area contributed by atoms with Gasteiger partial charge >= 0.3 is 0 Å². The van der Waals surface area contributed by atoms with Crippen molar-refractivity contribution in [3.8, 4) is 0 Å². The third kappa shape index (κ3) is 4.07. The van der Waals surface area contributed by atoms with E-state index in [1.807, 2.05) is 12.1 Å². The van der Waals surface area contributed by atoms with Crippen LogP contribution in [0.4, 0.5) is 4.39 Å². The summed E-state index contributed by atoms with van der Waals surface area (Å²) >= 11 is 3.70. The molecule has 0 nitrogen and oxygen atoms in total. The molecule has 1 aromatic carbocycles. The average Bonchev–Trinajstić information content (AvgIpc) is 2.49. The van der Waals surface area contributed by atoms with Gasteiger partial charge < -0.3 is 0 Å². The maximum absolute atomic E-state index is 13.9. The molecule has 0 spiro atoms. The summed E-state index contributed by atoms with van der Waals surface area (Å²) in [5, 5.41) is 0.995. The van der Waals surface area contributed by atoms with Gasteiger partial charge in [-0.1, -0.05) is 60.3 Å². The van der Waals surface area contributed by atoms with E-state index in [0.29, 0.717) is 0 Å². The Morgan fingerprint density at radius 1 is 1.25 bits per heavy atom. The molecule has 1 aromatic rings. The Kier molecular flexibility index (Phi) is 6.07. The molecule has 0 heterocycles. The van der Waals surface area contributed by atoms with Crippen LogP contribution in [0.2, 0.25) is 0 Å². The number of hydrogen-bond donors (Lipinski definition) is 0. The molecular weight excluding hydrogens is 315 g/mol. The maximum atomic E-state index is 13.9. The lowest BCUT2D eigenvalue weighted by atomic mass is 9.68. The van der Waals surface area contributed by atoms with E-state index in [4.69, 9.17) is 0 Å². The van der Waals surface area contributed by atoms with Crippen molar-refractivity contribution in [2.45, 2.75) is 58.3 Å². The van der Waals surface area contributed by atoms with Gasteiger partial charge in [0.25, 0.3) is 0 Å². The minimum Gasteiger partial charge on any atom is -0.207 e. The molecule has 112 valence electrons. The summed E-state index contributed by atoms with van der Waals surface area (Å²) in [6.45, 7) is 2.27. The van der Waals surface area contributed by atoms with E-state index < -0.39 is 0 Å². The monoisotopic (exact) mass is 340 g/mol. The molecule has 1 fully saturated rings. The van der Waals surface area contributed by atoms with Crippen LogP contribution in [0.1, 0.15) is 57.4 Å². The molecule has 1 aliphatic rings. The molecule has 0 N–H and O–H groups in total. The first kappa shape index (κ1) is 16.0. The van der Waals surface area contributed by atoms with Crippen LogP contribution in [-0.2, 0) is 6.42 Å². The second kappa shape index (κ2) is 7.59. The Balaban J connectivity index is 1.97. The minimum absolute atomic E-state index is 0.0408. The first-order valence-corrected chi connectivity index (χ1v) is 9.10. The second-order valence-electron chi connectivity index (χ2n) is 6.49. The van der Waals surface area contributed by atoms with Gasteiger partial charge in [0.05, 0.1) is 0 Å². The van der Waals surface area contributed by atoms with E-state index in [1.54, 1.807) is 12.1 Å². The highest BCUT2D eigenvalue weighted by Crippen LogP contribution is 2.44. The summed E-state index contributed by atoms with van der Waals surface area (Å²) in [5.41, 5.74) is 1.16. The molecule has 0 amide bonds. The molecule has 1 aliphatic carbocycles. The van der Waals surface area contributed by atoms with Crippen LogP contribution in [0.3, 0.4) is 0 Å². The minimum atomic E-state index is -0.0408. The van der Waals surface area contributed by atoms with Gasteiger partial charge in [-0.3, -0.25) is 0 Å². The van der Waals surface area contributed by atoms with E-state index in [1.165, 1.54) is 44.9 Å². The smallest absolute Gasteiger partial charge is 0.126 e. The van der Waals surface area contributed by atoms with Crippen molar-refractivity contribution in [3.05, 3.63) is 35.6 Å².